The molecule has 2 aromatic carbocycles. The predicted molar refractivity (Wildman–Crippen MR) is 121 cm³/mol. The molecule has 1 unspecified atom stereocenters. The second kappa shape index (κ2) is 8.60. The molecule has 1 saturated heterocycles. The van der Waals surface area contributed by atoms with Gasteiger partial charge in [-0.3, -0.25) is 0 Å². The third kappa shape index (κ3) is 4.25. The van der Waals surface area contributed by atoms with Crippen LogP contribution in [-0.4, -0.2) is 22.8 Å². The number of cyclic esters (lactones) is 2. The van der Waals surface area contributed by atoms with Crippen LogP contribution in [0, 0.1) is 5.92 Å². The molecular weight excluding hydrogens is 430 g/mol. The van der Waals surface area contributed by atoms with Crippen molar-refractivity contribution in [3.8, 4) is 0 Å². The topological polar surface area (TPSA) is 84.9 Å². The molecule has 7 heteroatoms. The van der Waals surface area contributed by atoms with E-state index in [9.17, 15) is 14.7 Å². The lowest BCUT2D eigenvalue weighted by molar-refractivity contribution is -0.222. The van der Waals surface area contributed by atoms with Gasteiger partial charge in [-0.2, -0.15) is 0 Å². The second-order valence-electron chi connectivity index (χ2n) is 8.68. The Bertz CT molecular complexity index is 1040. The summed E-state index contributed by atoms with van der Waals surface area (Å²) in [6, 6.07) is 14.6. The zero-order valence-corrected chi connectivity index (χ0v) is 18.8. The first-order valence-electron chi connectivity index (χ1n) is 10.7. The number of hydrogen-bond acceptors (Lipinski definition) is 6. The number of carbonyl (C=O) groups is 2. The number of ether oxygens (including phenoxy) is 2. The van der Waals surface area contributed by atoms with Gasteiger partial charge in [0.05, 0.1) is 0 Å². The Morgan fingerprint density at radius 2 is 1.69 bits per heavy atom. The van der Waals surface area contributed by atoms with Gasteiger partial charge in [-0.05, 0) is 42.5 Å². The minimum atomic E-state index is -1.31. The number of halogens is 1. The molecule has 2 aromatic rings. The van der Waals surface area contributed by atoms with Crippen molar-refractivity contribution in [2.75, 3.05) is 5.32 Å². The highest BCUT2D eigenvalue weighted by atomic mass is 35.5. The molecule has 2 aliphatic rings. The number of rotatable bonds is 5. The Labute approximate surface area is 192 Å². The number of carbonyl (C=O) groups excluding carboxylic acids is 2. The number of nitrogens with one attached hydrogen (secondary N) is 1. The van der Waals surface area contributed by atoms with Crippen molar-refractivity contribution in [1.29, 1.82) is 0 Å². The van der Waals surface area contributed by atoms with E-state index in [1.807, 2.05) is 30.3 Å². The molecule has 1 atom stereocenters. The fourth-order valence-corrected chi connectivity index (χ4v) is 4.71. The Morgan fingerprint density at radius 3 is 2.31 bits per heavy atom. The molecular formula is C25H26ClNO5. The molecule has 4 rings (SSSR count). The SMILES string of the molecule is CC1(C)OC(=O)C(=CNc2ccc(Cl)cc2C(O)(c2ccccc2)C2CCCC2)C(=O)O1. The Balaban J connectivity index is 1.76. The van der Waals surface area contributed by atoms with Crippen LogP contribution >= 0.6 is 11.6 Å². The highest BCUT2D eigenvalue weighted by molar-refractivity contribution is 6.30. The van der Waals surface area contributed by atoms with E-state index in [-0.39, 0.29) is 11.5 Å². The monoisotopic (exact) mass is 455 g/mol. The largest absolute Gasteiger partial charge is 0.419 e. The van der Waals surface area contributed by atoms with E-state index in [0.717, 1.165) is 31.2 Å². The van der Waals surface area contributed by atoms with Gasteiger partial charge in [0.1, 0.15) is 5.60 Å². The average Bonchev–Trinajstić information content (AvgIpc) is 3.29. The minimum Gasteiger partial charge on any atom is -0.419 e. The van der Waals surface area contributed by atoms with Crippen molar-refractivity contribution in [3.63, 3.8) is 0 Å². The van der Waals surface area contributed by atoms with Crippen molar-refractivity contribution in [2.24, 2.45) is 5.92 Å². The molecule has 0 radical (unpaired) electrons. The molecule has 1 saturated carbocycles. The Hall–Kier alpha value is -2.83. The van der Waals surface area contributed by atoms with Gasteiger partial charge in [0.25, 0.3) is 5.79 Å². The van der Waals surface area contributed by atoms with Crippen LogP contribution in [0.4, 0.5) is 5.69 Å². The van der Waals surface area contributed by atoms with Crippen LogP contribution in [0.5, 0.6) is 0 Å². The standard InChI is InChI=1S/C25H26ClNO5/c1-24(2)31-22(28)19(23(29)32-24)15-27-21-13-12-18(26)14-20(21)25(30,17-10-6-7-11-17)16-8-4-3-5-9-16/h3-5,8-9,12-15,17,27,30H,6-7,10-11H2,1-2H3. The summed E-state index contributed by atoms with van der Waals surface area (Å²) >= 11 is 6.34. The van der Waals surface area contributed by atoms with Gasteiger partial charge in [-0.15, -0.1) is 0 Å². The second-order valence-corrected chi connectivity index (χ2v) is 9.12. The summed E-state index contributed by atoms with van der Waals surface area (Å²) < 4.78 is 10.3. The average molecular weight is 456 g/mol. The summed E-state index contributed by atoms with van der Waals surface area (Å²) in [5.41, 5.74) is 0.333. The van der Waals surface area contributed by atoms with Crippen molar-refractivity contribution in [2.45, 2.75) is 50.9 Å². The molecule has 168 valence electrons. The zero-order chi connectivity index (χ0) is 22.9. The molecule has 2 fully saturated rings. The van der Waals surface area contributed by atoms with Crippen LogP contribution in [0.1, 0.15) is 50.7 Å². The van der Waals surface area contributed by atoms with Crippen molar-refractivity contribution < 1.29 is 24.2 Å². The Kier molecular flexibility index (Phi) is 6.01. The lowest BCUT2D eigenvalue weighted by Crippen LogP contribution is -2.42. The number of aliphatic hydroxyl groups is 1. The summed E-state index contributed by atoms with van der Waals surface area (Å²) in [7, 11) is 0. The quantitative estimate of drug-likeness (QED) is 0.379. The van der Waals surface area contributed by atoms with E-state index in [2.05, 4.69) is 5.32 Å². The number of esters is 2. The van der Waals surface area contributed by atoms with E-state index < -0.39 is 23.3 Å². The fraction of sp³-hybridized carbons (Fsp3) is 0.360. The normalized spacial score (nSPS) is 20.3. The van der Waals surface area contributed by atoms with Gasteiger partial charge in [0.2, 0.25) is 0 Å². The number of anilines is 1. The molecule has 6 nitrogen and oxygen atoms in total. The van der Waals surface area contributed by atoms with Crippen LogP contribution in [-0.2, 0) is 24.7 Å². The van der Waals surface area contributed by atoms with E-state index in [4.69, 9.17) is 21.1 Å². The first-order valence-corrected chi connectivity index (χ1v) is 11.1. The first-order chi connectivity index (χ1) is 15.2. The van der Waals surface area contributed by atoms with Crippen molar-refractivity contribution in [3.05, 3.63) is 76.5 Å². The van der Waals surface area contributed by atoms with E-state index in [1.165, 1.54) is 20.0 Å². The third-order valence-electron chi connectivity index (χ3n) is 6.04. The smallest absolute Gasteiger partial charge is 0.350 e. The van der Waals surface area contributed by atoms with Gasteiger partial charge in [-0.1, -0.05) is 54.8 Å². The maximum atomic E-state index is 12.3. The van der Waals surface area contributed by atoms with Crippen LogP contribution in [0.3, 0.4) is 0 Å². The molecule has 2 N–H and O–H groups in total. The zero-order valence-electron chi connectivity index (χ0n) is 18.1. The first kappa shape index (κ1) is 22.4. The van der Waals surface area contributed by atoms with Gasteiger partial charge in [-0.25, -0.2) is 9.59 Å². The summed E-state index contributed by atoms with van der Waals surface area (Å²) in [5, 5.41) is 15.7. The summed E-state index contributed by atoms with van der Waals surface area (Å²) in [5.74, 6) is -2.86. The van der Waals surface area contributed by atoms with Crippen LogP contribution in [0.2, 0.25) is 5.02 Å². The lowest BCUT2D eigenvalue weighted by atomic mass is 9.74. The molecule has 0 aromatic heterocycles. The Morgan fingerprint density at radius 1 is 1.06 bits per heavy atom. The molecule has 32 heavy (non-hydrogen) atoms. The molecule has 0 spiro atoms. The highest BCUT2D eigenvalue weighted by Gasteiger charge is 2.43. The fourth-order valence-electron chi connectivity index (χ4n) is 4.53. The van der Waals surface area contributed by atoms with Gasteiger partial charge < -0.3 is 19.9 Å². The summed E-state index contributed by atoms with van der Waals surface area (Å²) in [6.45, 7) is 2.98. The van der Waals surface area contributed by atoms with E-state index in [0.29, 0.717) is 16.3 Å². The van der Waals surface area contributed by atoms with Crippen LogP contribution < -0.4 is 5.32 Å². The maximum Gasteiger partial charge on any atom is 0.350 e. The molecule has 0 amide bonds. The summed E-state index contributed by atoms with van der Waals surface area (Å²) in [4.78, 5) is 24.6. The van der Waals surface area contributed by atoms with Gasteiger partial charge >= 0.3 is 11.9 Å². The highest BCUT2D eigenvalue weighted by Crippen LogP contribution is 2.47. The predicted octanol–water partition coefficient (Wildman–Crippen LogP) is 4.90. The van der Waals surface area contributed by atoms with E-state index in [1.54, 1.807) is 18.2 Å². The molecule has 1 heterocycles. The van der Waals surface area contributed by atoms with Crippen LogP contribution in [0.15, 0.2) is 60.3 Å². The van der Waals surface area contributed by atoms with Crippen molar-refractivity contribution in [1.82, 2.24) is 0 Å². The van der Waals surface area contributed by atoms with Gasteiger partial charge in [0.15, 0.2) is 5.57 Å². The lowest BCUT2D eigenvalue weighted by Gasteiger charge is -2.37. The maximum absolute atomic E-state index is 12.3. The summed E-state index contributed by atoms with van der Waals surface area (Å²) in [6.07, 6.45) is 5.10. The molecule has 1 aliphatic heterocycles. The van der Waals surface area contributed by atoms with E-state index >= 15 is 0 Å². The van der Waals surface area contributed by atoms with Crippen molar-refractivity contribution >= 4 is 29.2 Å². The third-order valence-corrected chi connectivity index (χ3v) is 6.28. The minimum absolute atomic E-state index is 0.00183. The number of benzene rings is 2. The van der Waals surface area contributed by atoms with Gasteiger partial charge in [0, 0.05) is 36.3 Å². The molecule has 1 aliphatic carbocycles. The van der Waals surface area contributed by atoms with Crippen LogP contribution in [0.25, 0.3) is 0 Å². The number of hydrogen-bond donors (Lipinski definition) is 2. The molecule has 0 bridgehead atoms.